The summed E-state index contributed by atoms with van der Waals surface area (Å²) in [5.41, 5.74) is 2.49. The molecule has 0 saturated carbocycles. The minimum absolute atomic E-state index is 0.0805. The lowest BCUT2D eigenvalue weighted by atomic mass is 10.0. The lowest BCUT2D eigenvalue weighted by Gasteiger charge is -2.13. The molecule has 3 rings (SSSR count). The topological polar surface area (TPSA) is 55.2 Å². The molecule has 0 radical (unpaired) electrons. The van der Waals surface area contributed by atoms with Gasteiger partial charge in [-0.05, 0) is 30.4 Å². The fraction of sp³-hybridized carbons (Fsp3) is 0.286. The van der Waals surface area contributed by atoms with E-state index in [9.17, 15) is 5.11 Å². The van der Waals surface area contributed by atoms with Gasteiger partial charge >= 0.3 is 0 Å². The summed E-state index contributed by atoms with van der Waals surface area (Å²) in [6, 6.07) is 7.26. The highest BCUT2D eigenvalue weighted by Crippen LogP contribution is 2.41. The fourth-order valence-corrected chi connectivity index (χ4v) is 2.64. The number of aryl methyl sites for hydroxylation is 1. The molecule has 4 nitrogen and oxygen atoms in total. The van der Waals surface area contributed by atoms with Crippen LogP contribution in [0.3, 0.4) is 0 Å². The summed E-state index contributed by atoms with van der Waals surface area (Å²) in [7, 11) is 0. The molecule has 1 unspecified atom stereocenters. The second-order valence-electron chi connectivity index (χ2n) is 4.73. The predicted octanol–water partition coefficient (Wildman–Crippen LogP) is 3.68. The van der Waals surface area contributed by atoms with Crippen LogP contribution >= 0.6 is 11.6 Å². The van der Waals surface area contributed by atoms with Crippen molar-refractivity contribution in [3.05, 3.63) is 40.5 Å². The predicted molar refractivity (Wildman–Crippen MR) is 72.0 cm³/mol. The summed E-state index contributed by atoms with van der Waals surface area (Å²) < 4.78 is 5.70. The van der Waals surface area contributed by atoms with Gasteiger partial charge in [-0.3, -0.25) is 0 Å². The van der Waals surface area contributed by atoms with E-state index >= 15 is 0 Å². The number of rotatable bonds is 2. The molecule has 0 aliphatic heterocycles. The Balaban J connectivity index is 1.98. The van der Waals surface area contributed by atoms with E-state index in [1.807, 2.05) is 12.1 Å². The van der Waals surface area contributed by atoms with Crippen molar-refractivity contribution in [2.24, 2.45) is 0 Å². The van der Waals surface area contributed by atoms with Crippen molar-refractivity contribution >= 4 is 11.6 Å². The Kier molecular flexibility index (Phi) is 3.03. The van der Waals surface area contributed by atoms with Crippen LogP contribution in [0.2, 0.25) is 5.15 Å². The van der Waals surface area contributed by atoms with E-state index in [4.69, 9.17) is 16.3 Å². The van der Waals surface area contributed by atoms with Crippen molar-refractivity contribution in [3.8, 4) is 17.4 Å². The van der Waals surface area contributed by atoms with Crippen LogP contribution in [0.15, 0.2) is 24.3 Å². The van der Waals surface area contributed by atoms with E-state index in [0.717, 1.165) is 18.6 Å². The zero-order chi connectivity index (χ0) is 13.4. The van der Waals surface area contributed by atoms with Gasteiger partial charge < -0.3 is 9.84 Å². The Labute approximate surface area is 116 Å². The average molecular weight is 277 g/mol. The molecule has 0 spiro atoms. The van der Waals surface area contributed by atoms with Gasteiger partial charge in [0.15, 0.2) is 10.9 Å². The molecule has 1 aliphatic carbocycles. The van der Waals surface area contributed by atoms with Crippen molar-refractivity contribution in [1.82, 2.24) is 10.2 Å². The summed E-state index contributed by atoms with van der Waals surface area (Å²) in [4.78, 5) is 0. The first-order valence-corrected chi connectivity index (χ1v) is 6.55. The quantitative estimate of drug-likeness (QED) is 0.909. The number of aromatic nitrogens is 2. The second-order valence-corrected chi connectivity index (χ2v) is 5.12. The maximum atomic E-state index is 9.76. The number of hydrogen-bond donors (Lipinski definition) is 1. The van der Waals surface area contributed by atoms with Gasteiger partial charge in [-0.25, -0.2) is 0 Å². The first kappa shape index (κ1) is 12.2. The molecule has 1 aliphatic rings. The largest absolute Gasteiger partial charge is 0.503 e. The van der Waals surface area contributed by atoms with Crippen LogP contribution in [0.1, 0.15) is 30.4 Å². The average Bonchev–Trinajstić information content (AvgIpc) is 2.76. The molecule has 0 saturated heterocycles. The summed E-state index contributed by atoms with van der Waals surface area (Å²) >= 11 is 5.65. The second kappa shape index (κ2) is 4.70. The first-order valence-electron chi connectivity index (χ1n) is 6.17. The number of ether oxygens (including phenoxy) is 1. The molecule has 1 aromatic carbocycles. The third kappa shape index (κ3) is 2.24. The normalized spacial score (nSPS) is 17.3. The van der Waals surface area contributed by atoms with Crippen molar-refractivity contribution < 1.29 is 9.84 Å². The first-order chi connectivity index (χ1) is 9.15. The molecular weight excluding hydrogens is 264 g/mol. The Bertz CT molecular complexity index is 631. The van der Waals surface area contributed by atoms with Crippen molar-refractivity contribution in [2.75, 3.05) is 0 Å². The van der Waals surface area contributed by atoms with Gasteiger partial charge in [0.25, 0.3) is 5.88 Å². The van der Waals surface area contributed by atoms with E-state index < -0.39 is 0 Å². The summed E-state index contributed by atoms with van der Waals surface area (Å²) in [5, 5.41) is 17.3. The third-order valence-corrected chi connectivity index (χ3v) is 3.60. The number of benzene rings is 1. The lowest BCUT2D eigenvalue weighted by molar-refractivity contribution is 0.388. The summed E-state index contributed by atoms with van der Waals surface area (Å²) in [6.45, 7) is 2.17. The minimum Gasteiger partial charge on any atom is -0.503 e. The number of nitrogens with zero attached hydrogens (tertiary/aromatic N) is 2. The number of halogens is 1. The third-order valence-electron chi connectivity index (χ3n) is 3.41. The Morgan fingerprint density at radius 3 is 3.00 bits per heavy atom. The van der Waals surface area contributed by atoms with E-state index in [1.165, 1.54) is 17.2 Å². The minimum atomic E-state index is -0.108. The van der Waals surface area contributed by atoms with Gasteiger partial charge in [0.05, 0.1) is 0 Å². The molecule has 0 bridgehead atoms. The van der Waals surface area contributed by atoms with Gasteiger partial charge in [0.2, 0.25) is 0 Å². The van der Waals surface area contributed by atoms with E-state index in [1.54, 1.807) is 0 Å². The molecule has 1 N–H and O–H groups in total. The molecular formula is C14H13ClN2O2. The highest BCUT2D eigenvalue weighted by atomic mass is 35.5. The van der Waals surface area contributed by atoms with Crippen LogP contribution in [0.25, 0.3) is 0 Å². The van der Waals surface area contributed by atoms with Crippen molar-refractivity contribution in [3.63, 3.8) is 0 Å². The zero-order valence-corrected chi connectivity index (χ0v) is 11.2. The van der Waals surface area contributed by atoms with Crippen LogP contribution in [-0.4, -0.2) is 15.3 Å². The van der Waals surface area contributed by atoms with Crippen LogP contribution < -0.4 is 4.74 Å². The maximum absolute atomic E-state index is 9.76. The van der Waals surface area contributed by atoms with Crippen molar-refractivity contribution in [1.29, 1.82) is 0 Å². The van der Waals surface area contributed by atoms with Crippen LogP contribution in [0.5, 0.6) is 17.4 Å². The van der Waals surface area contributed by atoms with Crippen molar-refractivity contribution in [2.45, 2.75) is 25.7 Å². The lowest BCUT2D eigenvalue weighted by Crippen LogP contribution is -1.96. The highest BCUT2D eigenvalue weighted by molar-refractivity contribution is 6.29. The number of fused-ring (bicyclic) bond motifs is 1. The molecule has 0 fully saturated rings. The Hall–Kier alpha value is -1.81. The van der Waals surface area contributed by atoms with Crippen LogP contribution in [0.4, 0.5) is 0 Å². The van der Waals surface area contributed by atoms with Gasteiger partial charge in [0.1, 0.15) is 5.75 Å². The fourth-order valence-electron chi connectivity index (χ4n) is 2.50. The molecule has 1 atom stereocenters. The summed E-state index contributed by atoms with van der Waals surface area (Å²) in [6.07, 6.45) is 2.18. The SMILES string of the molecule is CC1CCc2cccc(Oc3nnc(Cl)cc3O)c21. The standard InChI is InChI=1S/C14H13ClN2O2/c1-8-5-6-9-3-2-4-11(13(8)9)19-14-10(18)7-12(15)16-17-14/h2-4,7-8H,5-6H2,1H3,(H,16,18). The molecule has 2 aromatic rings. The Morgan fingerprint density at radius 1 is 1.37 bits per heavy atom. The Morgan fingerprint density at radius 2 is 2.21 bits per heavy atom. The smallest absolute Gasteiger partial charge is 0.281 e. The van der Waals surface area contributed by atoms with E-state index in [2.05, 4.69) is 23.2 Å². The molecule has 5 heteroatoms. The highest BCUT2D eigenvalue weighted by Gasteiger charge is 2.23. The molecule has 98 valence electrons. The molecule has 0 amide bonds. The maximum Gasteiger partial charge on any atom is 0.281 e. The van der Waals surface area contributed by atoms with Crippen LogP contribution in [0, 0.1) is 0 Å². The van der Waals surface area contributed by atoms with E-state index in [0.29, 0.717) is 5.92 Å². The number of aromatic hydroxyl groups is 1. The van der Waals surface area contributed by atoms with Gasteiger partial charge in [-0.1, -0.05) is 30.7 Å². The van der Waals surface area contributed by atoms with E-state index in [-0.39, 0.29) is 16.8 Å². The summed E-state index contributed by atoms with van der Waals surface area (Å²) in [5.74, 6) is 1.16. The number of hydrogen-bond acceptors (Lipinski definition) is 4. The monoisotopic (exact) mass is 276 g/mol. The molecule has 1 aromatic heterocycles. The van der Waals surface area contributed by atoms with Gasteiger partial charge in [0, 0.05) is 11.6 Å². The van der Waals surface area contributed by atoms with Gasteiger partial charge in [-0.2, -0.15) is 0 Å². The zero-order valence-electron chi connectivity index (χ0n) is 10.4. The van der Waals surface area contributed by atoms with Gasteiger partial charge in [-0.15, -0.1) is 10.2 Å². The molecule has 1 heterocycles. The van der Waals surface area contributed by atoms with Crippen LogP contribution in [-0.2, 0) is 6.42 Å². The molecule has 19 heavy (non-hydrogen) atoms.